The standard InChI is InChI=1S/C28H38N8O3/c1-7-15-30-25-20(12-9-8-10-16-29-24(37)19-35(5)27(38)39-28(2,3)4)17-31-26(34-25)33-22-13-11-14-23-21(22)18-32-36(23)6/h11,13-14,17-18H,7-8,10,15-16,19H2,1-6H3,(H,29,37)(H2,30,31,33,34). The molecule has 0 unspecified atom stereocenters. The van der Waals surface area contributed by atoms with Crippen molar-refractivity contribution in [1.29, 1.82) is 0 Å². The molecule has 2 aromatic heterocycles. The van der Waals surface area contributed by atoms with Crippen LogP contribution in [-0.2, 0) is 16.6 Å². The van der Waals surface area contributed by atoms with Gasteiger partial charge >= 0.3 is 6.09 Å². The van der Waals surface area contributed by atoms with E-state index in [0.29, 0.717) is 36.7 Å². The number of carbonyl (C=O) groups is 2. The first-order valence-electron chi connectivity index (χ1n) is 13.1. The number of aryl methyl sites for hydroxylation is 1. The maximum Gasteiger partial charge on any atom is 0.410 e. The van der Waals surface area contributed by atoms with Gasteiger partial charge in [0.1, 0.15) is 18.0 Å². The molecule has 0 aliphatic carbocycles. The second-order valence-corrected chi connectivity index (χ2v) is 10.1. The number of amides is 2. The van der Waals surface area contributed by atoms with Crippen molar-refractivity contribution in [3.05, 3.63) is 36.2 Å². The van der Waals surface area contributed by atoms with Crippen LogP contribution in [0.1, 0.15) is 52.5 Å². The number of likely N-dealkylation sites (N-methyl/N-ethyl adjacent to an activating group) is 1. The molecule has 0 fully saturated rings. The Kier molecular flexibility index (Phi) is 10.1. The molecule has 3 rings (SSSR count). The summed E-state index contributed by atoms with van der Waals surface area (Å²) in [7, 11) is 3.44. The van der Waals surface area contributed by atoms with Crippen LogP contribution in [0.25, 0.3) is 10.9 Å². The third-order valence-electron chi connectivity index (χ3n) is 5.48. The van der Waals surface area contributed by atoms with Gasteiger partial charge in [0, 0.05) is 39.0 Å². The van der Waals surface area contributed by atoms with Gasteiger partial charge in [0.25, 0.3) is 0 Å². The van der Waals surface area contributed by atoms with Gasteiger partial charge in [-0.3, -0.25) is 9.48 Å². The summed E-state index contributed by atoms with van der Waals surface area (Å²) in [5.74, 6) is 7.16. The first-order chi connectivity index (χ1) is 18.6. The molecule has 0 atom stereocenters. The van der Waals surface area contributed by atoms with E-state index in [4.69, 9.17) is 4.74 Å². The summed E-state index contributed by atoms with van der Waals surface area (Å²) in [6.45, 7) is 8.57. The minimum Gasteiger partial charge on any atom is -0.444 e. The van der Waals surface area contributed by atoms with Crippen LogP contribution in [0.15, 0.2) is 30.6 Å². The highest BCUT2D eigenvalue weighted by molar-refractivity contribution is 5.92. The number of carbonyl (C=O) groups excluding carboxylic acids is 2. The zero-order valence-corrected chi connectivity index (χ0v) is 23.6. The highest BCUT2D eigenvalue weighted by atomic mass is 16.6. The lowest BCUT2D eigenvalue weighted by Crippen LogP contribution is -2.41. The summed E-state index contributed by atoms with van der Waals surface area (Å²) in [5, 5.41) is 14.7. The van der Waals surface area contributed by atoms with E-state index in [1.165, 1.54) is 11.9 Å². The Morgan fingerprint density at radius 2 is 1.97 bits per heavy atom. The van der Waals surface area contributed by atoms with Gasteiger partial charge in [0.2, 0.25) is 11.9 Å². The van der Waals surface area contributed by atoms with E-state index >= 15 is 0 Å². The van der Waals surface area contributed by atoms with Gasteiger partial charge < -0.3 is 25.6 Å². The van der Waals surface area contributed by atoms with E-state index in [0.717, 1.165) is 29.6 Å². The lowest BCUT2D eigenvalue weighted by molar-refractivity contribution is -0.122. The van der Waals surface area contributed by atoms with Crippen LogP contribution in [0.2, 0.25) is 0 Å². The Balaban J connectivity index is 1.54. The van der Waals surface area contributed by atoms with Gasteiger partial charge in [-0.2, -0.15) is 10.1 Å². The van der Waals surface area contributed by atoms with Gasteiger partial charge in [0.05, 0.1) is 29.2 Å². The molecule has 0 saturated heterocycles. The highest BCUT2D eigenvalue weighted by Gasteiger charge is 2.20. The van der Waals surface area contributed by atoms with Crippen LogP contribution in [0.4, 0.5) is 22.2 Å². The summed E-state index contributed by atoms with van der Waals surface area (Å²) < 4.78 is 7.08. The molecule has 39 heavy (non-hydrogen) atoms. The molecule has 0 aliphatic heterocycles. The van der Waals surface area contributed by atoms with Crippen LogP contribution in [0, 0.1) is 11.8 Å². The number of nitrogens with one attached hydrogen (secondary N) is 3. The molecule has 0 saturated carbocycles. The van der Waals surface area contributed by atoms with E-state index in [9.17, 15) is 9.59 Å². The molecule has 11 nitrogen and oxygen atoms in total. The molecule has 2 amide bonds. The molecule has 1 aromatic carbocycles. The Morgan fingerprint density at radius 3 is 2.72 bits per heavy atom. The molecule has 3 N–H and O–H groups in total. The van der Waals surface area contributed by atoms with Crippen LogP contribution >= 0.6 is 0 Å². The van der Waals surface area contributed by atoms with Gasteiger partial charge in [-0.1, -0.05) is 24.8 Å². The number of benzene rings is 1. The average Bonchev–Trinajstić information content (AvgIpc) is 3.26. The van der Waals surface area contributed by atoms with Gasteiger partial charge in [0.15, 0.2) is 0 Å². The minimum atomic E-state index is -0.608. The van der Waals surface area contributed by atoms with Crippen molar-refractivity contribution in [2.75, 3.05) is 37.3 Å². The molecule has 11 heteroatoms. The zero-order valence-electron chi connectivity index (χ0n) is 23.6. The van der Waals surface area contributed by atoms with Crippen molar-refractivity contribution >= 4 is 40.4 Å². The fraction of sp³-hybridized carbons (Fsp3) is 0.464. The van der Waals surface area contributed by atoms with Crippen LogP contribution in [-0.4, -0.2) is 68.9 Å². The maximum atomic E-state index is 12.1. The highest BCUT2D eigenvalue weighted by Crippen LogP contribution is 2.25. The minimum absolute atomic E-state index is 0.0694. The zero-order chi connectivity index (χ0) is 28.4. The predicted octanol–water partition coefficient (Wildman–Crippen LogP) is 4.04. The molecular formula is C28H38N8O3. The number of fused-ring (bicyclic) bond motifs is 1. The number of ether oxygens (including phenoxy) is 1. The van der Waals surface area contributed by atoms with Crippen molar-refractivity contribution in [3.8, 4) is 11.8 Å². The number of nitrogens with zero attached hydrogens (tertiary/aromatic N) is 5. The Bertz CT molecular complexity index is 1350. The SMILES string of the molecule is CCCNc1nc(Nc2cccc3c2cnn3C)ncc1C#CCCCNC(=O)CN(C)C(=O)OC(C)(C)C. The van der Waals surface area contributed by atoms with E-state index < -0.39 is 11.7 Å². The number of hydrogen-bond donors (Lipinski definition) is 3. The summed E-state index contributed by atoms with van der Waals surface area (Å²) in [5.41, 5.74) is 1.98. The normalized spacial score (nSPS) is 10.9. The molecule has 0 aliphatic rings. The molecule has 0 radical (unpaired) electrons. The van der Waals surface area contributed by atoms with Crippen molar-refractivity contribution in [1.82, 2.24) is 30.0 Å². The number of anilines is 3. The van der Waals surface area contributed by atoms with Crippen molar-refractivity contribution in [3.63, 3.8) is 0 Å². The summed E-state index contributed by atoms with van der Waals surface area (Å²) >= 11 is 0. The topological polar surface area (TPSA) is 126 Å². The first kappa shape index (κ1) is 29.2. The Morgan fingerprint density at radius 1 is 1.18 bits per heavy atom. The monoisotopic (exact) mass is 534 g/mol. The largest absolute Gasteiger partial charge is 0.444 e. The molecule has 0 bridgehead atoms. The van der Waals surface area contributed by atoms with Gasteiger partial charge in [-0.05, 0) is 45.7 Å². The average molecular weight is 535 g/mol. The number of rotatable bonds is 10. The molecule has 3 aromatic rings. The number of unbranched alkanes of at least 4 members (excludes halogenated alkanes) is 1. The van der Waals surface area contributed by atoms with E-state index in [1.54, 1.807) is 27.0 Å². The van der Waals surface area contributed by atoms with E-state index in [-0.39, 0.29) is 12.5 Å². The third kappa shape index (κ3) is 8.88. The Hall–Kier alpha value is -4.33. The molecular weight excluding hydrogens is 496 g/mol. The second-order valence-electron chi connectivity index (χ2n) is 10.1. The van der Waals surface area contributed by atoms with Crippen LogP contribution in [0.3, 0.4) is 0 Å². The van der Waals surface area contributed by atoms with E-state index in [2.05, 4.69) is 49.8 Å². The van der Waals surface area contributed by atoms with E-state index in [1.807, 2.05) is 36.1 Å². The molecule has 0 spiro atoms. The number of aromatic nitrogens is 4. The first-order valence-corrected chi connectivity index (χ1v) is 13.1. The smallest absolute Gasteiger partial charge is 0.410 e. The number of hydrogen-bond acceptors (Lipinski definition) is 8. The summed E-state index contributed by atoms with van der Waals surface area (Å²) in [4.78, 5) is 34.5. The predicted molar refractivity (Wildman–Crippen MR) is 153 cm³/mol. The quantitative estimate of drug-likeness (QED) is 0.263. The second kappa shape index (κ2) is 13.5. The third-order valence-corrected chi connectivity index (χ3v) is 5.48. The molecule has 2 heterocycles. The fourth-order valence-electron chi connectivity index (χ4n) is 3.56. The van der Waals surface area contributed by atoms with Crippen molar-refractivity contribution < 1.29 is 14.3 Å². The van der Waals surface area contributed by atoms with Gasteiger partial charge in [-0.25, -0.2) is 9.78 Å². The fourth-order valence-corrected chi connectivity index (χ4v) is 3.56. The van der Waals surface area contributed by atoms with Gasteiger partial charge in [-0.15, -0.1) is 0 Å². The van der Waals surface area contributed by atoms with Crippen LogP contribution < -0.4 is 16.0 Å². The molecule has 208 valence electrons. The lowest BCUT2D eigenvalue weighted by atomic mass is 10.2. The van der Waals surface area contributed by atoms with Crippen molar-refractivity contribution in [2.24, 2.45) is 7.05 Å². The lowest BCUT2D eigenvalue weighted by Gasteiger charge is -2.24. The van der Waals surface area contributed by atoms with Crippen molar-refractivity contribution in [2.45, 2.75) is 52.6 Å². The summed E-state index contributed by atoms with van der Waals surface area (Å²) in [6, 6.07) is 5.94. The summed E-state index contributed by atoms with van der Waals surface area (Å²) in [6.07, 6.45) is 5.18. The van der Waals surface area contributed by atoms with Crippen LogP contribution in [0.5, 0.6) is 0 Å². The maximum absolute atomic E-state index is 12.1. The Labute approximate surface area is 229 Å².